The first-order valence-corrected chi connectivity index (χ1v) is 5.86. The van der Waals surface area contributed by atoms with Crippen LogP contribution in [0.4, 0.5) is 5.69 Å². The Hall–Kier alpha value is -2.48. The van der Waals surface area contributed by atoms with Crippen molar-refractivity contribution in [3.8, 4) is 5.75 Å². The van der Waals surface area contributed by atoms with Crippen molar-refractivity contribution in [1.82, 2.24) is 10.1 Å². The first-order valence-electron chi connectivity index (χ1n) is 5.86. The van der Waals surface area contributed by atoms with Crippen molar-refractivity contribution in [3.05, 3.63) is 46.1 Å². The van der Waals surface area contributed by atoms with Gasteiger partial charge in [0.15, 0.2) is 12.4 Å². The molecule has 0 fully saturated rings. The molecule has 0 aliphatic carbocycles. The standard InChI is InChI=1S/C12H13N3O5/c1-18-7-6-11-13-12(20-14-11)8-19-10-4-2-9(3-5-10)15(16)17/h2-5H,6-8H2,1H3. The van der Waals surface area contributed by atoms with Gasteiger partial charge in [0.25, 0.3) is 11.6 Å². The van der Waals surface area contributed by atoms with E-state index >= 15 is 0 Å². The number of benzene rings is 1. The third-order valence-electron chi connectivity index (χ3n) is 2.45. The predicted molar refractivity (Wildman–Crippen MR) is 67.3 cm³/mol. The van der Waals surface area contributed by atoms with E-state index in [4.69, 9.17) is 14.0 Å². The number of hydrogen-bond acceptors (Lipinski definition) is 7. The van der Waals surface area contributed by atoms with Crippen LogP contribution in [0, 0.1) is 10.1 Å². The maximum atomic E-state index is 10.5. The van der Waals surface area contributed by atoms with Crippen LogP contribution >= 0.6 is 0 Å². The van der Waals surface area contributed by atoms with Crippen molar-refractivity contribution in [2.75, 3.05) is 13.7 Å². The van der Waals surface area contributed by atoms with Gasteiger partial charge < -0.3 is 14.0 Å². The molecule has 0 radical (unpaired) electrons. The highest BCUT2D eigenvalue weighted by Crippen LogP contribution is 2.18. The average Bonchev–Trinajstić information content (AvgIpc) is 2.91. The minimum Gasteiger partial charge on any atom is -0.484 e. The molecular formula is C12H13N3O5. The zero-order chi connectivity index (χ0) is 14.4. The molecule has 0 aliphatic rings. The Morgan fingerprint density at radius 2 is 2.10 bits per heavy atom. The zero-order valence-electron chi connectivity index (χ0n) is 10.8. The van der Waals surface area contributed by atoms with Crippen LogP contribution in [0.1, 0.15) is 11.7 Å². The molecule has 0 N–H and O–H groups in total. The van der Waals surface area contributed by atoms with E-state index in [1.807, 2.05) is 0 Å². The fourth-order valence-corrected chi connectivity index (χ4v) is 1.45. The molecule has 0 amide bonds. The first kappa shape index (κ1) is 13.9. The van der Waals surface area contributed by atoms with Gasteiger partial charge in [-0.15, -0.1) is 0 Å². The van der Waals surface area contributed by atoms with Gasteiger partial charge in [0, 0.05) is 25.7 Å². The normalized spacial score (nSPS) is 10.4. The number of nitro benzene ring substituents is 1. The molecule has 2 rings (SSSR count). The molecule has 1 heterocycles. The average molecular weight is 279 g/mol. The van der Waals surface area contributed by atoms with E-state index in [0.717, 1.165) is 0 Å². The van der Waals surface area contributed by atoms with Gasteiger partial charge in [0.2, 0.25) is 0 Å². The molecule has 0 aliphatic heterocycles. The summed E-state index contributed by atoms with van der Waals surface area (Å²) >= 11 is 0. The second-order valence-electron chi connectivity index (χ2n) is 3.89. The summed E-state index contributed by atoms with van der Waals surface area (Å²) in [6.07, 6.45) is 0.567. The Balaban J connectivity index is 1.88. The lowest BCUT2D eigenvalue weighted by Crippen LogP contribution is -1.98. The minimum absolute atomic E-state index is 0.0111. The molecule has 0 saturated heterocycles. The molecule has 0 spiro atoms. The van der Waals surface area contributed by atoms with Gasteiger partial charge >= 0.3 is 0 Å². The summed E-state index contributed by atoms with van der Waals surface area (Å²) in [4.78, 5) is 14.2. The van der Waals surface area contributed by atoms with Crippen LogP contribution in [0.3, 0.4) is 0 Å². The molecule has 1 aromatic carbocycles. The van der Waals surface area contributed by atoms with E-state index in [-0.39, 0.29) is 12.3 Å². The number of methoxy groups -OCH3 is 1. The van der Waals surface area contributed by atoms with Crippen molar-refractivity contribution in [2.24, 2.45) is 0 Å². The molecule has 0 bridgehead atoms. The van der Waals surface area contributed by atoms with Crippen molar-refractivity contribution in [1.29, 1.82) is 0 Å². The summed E-state index contributed by atoms with van der Waals surface area (Å²) in [5, 5.41) is 14.3. The van der Waals surface area contributed by atoms with E-state index in [9.17, 15) is 10.1 Å². The van der Waals surface area contributed by atoms with Crippen LogP contribution in [0.25, 0.3) is 0 Å². The van der Waals surface area contributed by atoms with Gasteiger partial charge in [0.05, 0.1) is 11.5 Å². The van der Waals surface area contributed by atoms with E-state index in [0.29, 0.717) is 30.5 Å². The number of nitrogens with zero attached hydrogens (tertiary/aromatic N) is 3. The Morgan fingerprint density at radius 1 is 1.35 bits per heavy atom. The highest BCUT2D eigenvalue weighted by atomic mass is 16.6. The molecule has 8 nitrogen and oxygen atoms in total. The highest BCUT2D eigenvalue weighted by Gasteiger charge is 2.08. The summed E-state index contributed by atoms with van der Waals surface area (Å²) in [5.41, 5.74) is 0.0111. The Morgan fingerprint density at radius 3 is 2.75 bits per heavy atom. The van der Waals surface area contributed by atoms with E-state index in [1.165, 1.54) is 24.3 Å². The predicted octanol–water partition coefficient (Wildman–Crippen LogP) is 1.75. The number of aromatic nitrogens is 2. The summed E-state index contributed by atoms with van der Waals surface area (Å²) in [6.45, 7) is 0.625. The number of non-ortho nitro benzene ring substituents is 1. The lowest BCUT2D eigenvalue weighted by Gasteiger charge is -2.01. The number of hydrogen-bond donors (Lipinski definition) is 0. The second kappa shape index (κ2) is 6.62. The molecule has 106 valence electrons. The third kappa shape index (κ3) is 3.75. The summed E-state index contributed by atoms with van der Waals surface area (Å²) in [5.74, 6) is 1.39. The summed E-state index contributed by atoms with van der Waals surface area (Å²) in [6, 6.07) is 5.76. The molecule has 8 heteroatoms. The zero-order valence-corrected chi connectivity index (χ0v) is 10.8. The monoisotopic (exact) mass is 279 g/mol. The Bertz CT molecular complexity index is 567. The number of ether oxygens (including phenoxy) is 2. The van der Waals surface area contributed by atoms with Crippen LogP contribution in [0.5, 0.6) is 5.75 Å². The van der Waals surface area contributed by atoms with Crippen molar-refractivity contribution < 1.29 is 18.9 Å². The minimum atomic E-state index is -0.468. The topological polar surface area (TPSA) is 101 Å². The van der Waals surface area contributed by atoms with Crippen LogP contribution < -0.4 is 4.74 Å². The molecule has 2 aromatic rings. The lowest BCUT2D eigenvalue weighted by atomic mass is 10.3. The van der Waals surface area contributed by atoms with E-state index in [2.05, 4.69) is 10.1 Å². The smallest absolute Gasteiger partial charge is 0.269 e. The van der Waals surface area contributed by atoms with Crippen LogP contribution in [0.2, 0.25) is 0 Å². The van der Waals surface area contributed by atoms with E-state index < -0.39 is 4.92 Å². The van der Waals surface area contributed by atoms with Crippen molar-refractivity contribution in [3.63, 3.8) is 0 Å². The SMILES string of the molecule is COCCc1noc(COc2ccc([N+](=O)[O-])cc2)n1. The quantitative estimate of drug-likeness (QED) is 0.562. The molecule has 0 unspecified atom stereocenters. The molecule has 1 aromatic heterocycles. The summed E-state index contributed by atoms with van der Waals surface area (Å²) in [7, 11) is 1.60. The number of nitro groups is 1. The maximum Gasteiger partial charge on any atom is 0.269 e. The van der Waals surface area contributed by atoms with Crippen LogP contribution in [-0.2, 0) is 17.8 Å². The second-order valence-corrected chi connectivity index (χ2v) is 3.89. The van der Waals surface area contributed by atoms with Gasteiger partial charge in [-0.1, -0.05) is 5.16 Å². The third-order valence-corrected chi connectivity index (χ3v) is 2.45. The molecule has 20 heavy (non-hydrogen) atoms. The molecule has 0 saturated carbocycles. The lowest BCUT2D eigenvalue weighted by molar-refractivity contribution is -0.384. The Kier molecular flexibility index (Phi) is 4.61. The molecule has 0 atom stereocenters. The summed E-state index contributed by atoms with van der Waals surface area (Å²) < 4.78 is 15.3. The fourth-order valence-electron chi connectivity index (χ4n) is 1.45. The first-order chi connectivity index (χ1) is 9.69. The van der Waals surface area contributed by atoms with Gasteiger partial charge in [-0.2, -0.15) is 4.98 Å². The van der Waals surface area contributed by atoms with Gasteiger partial charge in [-0.25, -0.2) is 0 Å². The van der Waals surface area contributed by atoms with Crippen LogP contribution in [-0.4, -0.2) is 28.8 Å². The highest BCUT2D eigenvalue weighted by molar-refractivity contribution is 5.35. The van der Waals surface area contributed by atoms with Crippen molar-refractivity contribution >= 4 is 5.69 Å². The van der Waals surface area contributed by atoms with Gasteiger partial charge in [-0.3, -0.25) is 10.1 Å². The van der Waals surface area contributed by atoms with E-state index in [1.54, 1.807) is 7.11 Å². The fraction of sp³-hybridized carbons (Fsp3) is 0.333. The Labute approximate surface area is 114 Å². The molecular weight excluding hydrogens is 266 g/mol. The maximum absolute atomic E-state index is 10.5. The van der Waals surface area contributed by atoms with Crippen molar-refractivity contribution in [2.45, 2.75) is 13.0 Å². The van der Waals surface area contributed by atoms with Crippen LogP contribution in [0.15, 0.2) is 28.8 Å². The van der Waals surface area contributed by atoms with Gasteiger partial charge in [0.1, 0.15) is 5.75 Å². The number of rotatable bonds is 7. The van der Waals surface area contributed by atoms with Gasteiger partial charge in [-0.05, 0) is 12.1 Å². The largest absolute Gasteiger partial charge is 0.484 e.